The molecule has 1 aliphatic rings. The van der Waals surface area contributed by atoms with Crippen LogP contribution in [0.1, 0.15) is 36.9 Å². The van der Waals surface area contributed by atoms with Crippen LogP contribution in [0.4, 0.5) is 5.69 Å². The predicted molar refractivity (Wildman–Crippen MR) is 95.3 cm³/mol. The smallest absolute Gasteiger partial charge is 0.119 e. The summed E-state index contributed by atoms with van der Waals surface area (Å²) in [7, 11) is 0. The topological polar surface area (TPSA) is 50.7 Å². The lowest BCUT2D eigenvalue weighted by Gasteiger charge is -2.17. The first-order chi connectivity index (χ1) is 11.7. The van der Waals surface area contributed by atoms with Gasteiger partial charge in [0.25, 0.3) is 0 Å². The molecule has 1 fully saturated rings. The number of nitrogens with one attached hydrogen (secondary N) is 1. The third-order valence-corrected chi connectivity index (χ3v) is 4.33. The lowest BCUT2D eigenvalue weighted by Crippen LogP contribution is -2.16. The maximum absolute atomic E-state index is 9.25. The molecule has 128 valence electrons. The number of anilines is 1. The Morgan fingerprint density at radius 2 is 2.08 bits per heavy atom. The second-order valence-electron chi connectivity index (χ2n) is 6.24. The molecule has 2 aromatic rings. The first kappa shape index (κ1) is 16.8. The first-order valence-electron chi connectivity index (χ1n) is 8.55. The minimum absolute atomic E-state index is 0.0668. The Bertz CT molecular complexity index is 636. The minimum atomic E-state index is 0.0668. The van der Waals surface area contributed by atoms with Crippen molar-refractivity contribution in [3.8, 4) is 5.75 Å². The standard InChI is InChI=1S/C20H25NO3/c1-15(17-5-2-4-16(12-17)13-22)21-18-7-9-19(10-8-18)24-14-20-6-3-11-23-20/h2,4-5,7-10,12,15,20-22H,3,6,11,13-14H2,1H3. The van der Waals surface area contributed by atoms with Crippen LogP contribution in [0, 0.1) is 0 Å². The average molecular weight is 327 g/mol. The number of benzene rings is 2. The van der Waals surface area contributed by atoms with E-state index in [-0.39, 0.29) is 18.8 Å². The third-order valence-electron chi connectivity index (χ3n) is 4.33. The van der Waals surface area contributed by atoms with Gasteiger partial charge in [0.05, 0.1) is 12.7 Å². The summed E-state index contributed by atoms with van der Waals surface area (Å²) in [6.07, 6.45) is 2.46. The number of aliphatic hydroxyl groups is 1. The van der Waals surface area contributed by atoms with E-state index in [2.05, 4.69) is 18.3 Å². The van der Waals surface area contributed by atoms with Gasteiger partial charge < -0.3 is 19.9 Å². The molecule has 3 rings (SSSR count). The highest BCUT2D eigenvalue weighted by Gasteiger charge is 2.15. The Morgan fingerprint density at radius 1 is 1.25 bits per heavy atom. The van der Waals surface area contributed by atoms with E-state index in [0.717, 1.165) is 42.0 Å². The molecule has 0 aromatic heterocycles. The van der Waals surface area contributed by atoms with Gasteiger partial charge >= 0.3 is 0 Å². The molecule has 2 atom stereocenters. The highest BCUT2D eigenvalue weighted by Crippen LogP contribution is 2.23. The number of hydrogen-bond acceptors (Lipinski definition) is 4. The van der Waals surface area contributed by atoms with Gasteiger partial charge in [-0.15, -0.1) is 0 Å². The third kappa shape index (κ3) is 4.49. The van der Waals surface area contributed by atoms with Crippen LogP contribution in [0.3, 0.4) is 0 Å². The van der Waals surface area contributed by atoms with Gasteiger partial charge in [0.15, 0.2) is 0 Å². The van der Waals surface area contributed by atoms with Crippen LogP contribution in [0.15, 0.2) is 48.5 Å². The maximum Gasteiger partial charge on any atom is 0.119 e. The number of ether oxygens (including phenoxy) is 2. The second-order valence-corrected chi connectivity index (χ2v) is 6.24. The lowest BCUT2D eigenvalue weighted by molar-refractivity contribution is 0.0679. The van der Waals surface area contributed by atoms with E-state index in [4.69, 9.17) is 9.47 Å². The fourth-order valence-corrected chi connectivity index (χ4v) is 2.91. The summed E-state index contributed by atoms with van der Waals surface area (Å²) in [5.41, 5.74) is 3.13. The van der Waals surface area contributed by atoms with Gasteiger partial charge in [-0.05, 0) is 55.2 Å². The van der Waals surface area contributed by atoms with Crippen molar-refractivity contribution < 1.29 is 14.6 Å². The van der Waals surface area contributed by atoms with Crippen LogP contribution >= 0.6 is 0 Å². The summed E-state index contributed by atoms with van der Waals surface area (Å²) in [5, 5.41) is 12.7. The summed E-state index contributed by atoms with van der Waals surface area (Å²) in [4.78, 5) is 0. The van der Waals surface area contributed by atoms with Crippen molar-refractivity contribution in [2.24, 2.45) is 0 Å². The van der Waals surface area contributed by atoms with E-state index in [1.165, 1.54) is 0 Å². The molecule has 0 spiro atoms. The van der Waals surface area contributed by atoms with Crippen LogP contribution < -0.4 is 10.1 Å². The van der Waals surface area contributed by atoms with Crippen molar-refractivity contribution in [3.05, 3.63) is 59.7 Å². The number of hydrogen-bond donors (Lipinski definition) is 2. The molecule has 0 radical (unpaired) electrons. The fourth-order valence-electron chi connectivity index (χ4n) is 2.91. The van der Waals surface area contributed by atoms with Gasteiger partial charge in [-0.3, -0.25) is 0 Å². The Hall–Kier alpha value is -2.04. The van der Waals surface area contributed by atoms with Crippen molar-refractivity contribution in [2.75, 3.05) is 18.5 Å². The van der Waals surface area contributed by atoms with Crippen LogP contribution in [-0.4, -0.2) is 24.4 Å². The predicted octanol–water partition coefficient (Wildman–Crippen LogP) is 3.91. The van der Waals surface area contributed by atoms with Gasteiger partial charge in [0.1, 0.15) is 12.4 Å². The maximum atomic E-state index is 9.25. The Balaban J connectivity index is 1.54. The Kier molecular flexibility index (Phi) is 5.72. The molecule has 2 N–H and O–H groups in total. The zero-order chi connectivity index (χ0) is 16.8. The minimum Gasteiger partial charge on any atom is -0.491 e. The zero-order valence-corrected chi connectivity index (χ0v) is 14.1. The lowest BCUT2D eigenvalue weighted by atomic mass is 10.1. The number of rotatable bonds is 7. The van der Waals surface area contributed by atoms with Gasteiger partial charge in [-0.1, -0.05) is 24.3 Å². The molecule has 4 heteroatoms. The summed E-state index contributed by atoms with van der Waals surface area (Å²) < 4.78 is 11.3. The molecule has 1 heterocycles. The van der Waals surface area contributed by atoms with E-state index in [0.29, 0.717) is 6.61 Å². The van der Waals surface area contributed by atoms with Crippen molar-refractivity contribution in [2.45, 2.75) is 38.5 Å². The van der Waals surface area contributed by atoms with E-state index >= 15 is 0 Å². The molecule has 1 saturated heterocycles. The Morgan fingerprint density at radius 3 is 2.79 bits per heavy atom. The second kappa shape index (κ2) is 8.18. The van der Waals surface area contributed by atoms with Gasteiger partial charge in [-0.25, -0.2) is 0 Å². The normalized spacial score (nSPS) is 18.3. The van der Waals surface area contributed by atoms with E-state index in [9.17, 15) is 5.11 Å². The molecule has 2 aromatic carbocycles. The quantitative estimate of drug-likeness (QED) is 0.809. The molecule has 1 aliphatic heterocycles. The molecule has 0 aliphatic carbocycles. The first-order valence-corrected chi connectivity index (χ1v) is 8.55. The van der Waals surface area contributed by atoms with Crippen LogP contribution in [-0.2, 0) is 11.3 Å². The molecule has 2 unspecified atom stereocenters. The van der Waals surface area contributed by atoms with Crippen molar-refractivity contribution in [1.29, 1.82) is 0 Å². The molecule has 0 saturated carbocycles. The van der Waals surface area contributed by atoms with Crippen LogP contribution in [0.5, 0.6) is 5.75 Å². The van der Waals surface area contributed by atoms with Crippen molar-refractivity contribution >= 4 is 5.69 Å². The summed E-state index contributed by atoms with van der Waals surface area (Å²) in [5.74, 6) is 0.867. The largest absolute Gasteiger partial charge is 0.491 e. The van der Waals surface area contributed by atoms with Crippen LogP contribution in [0.25, 0.3) is 0 Å². The van der Waals surface area contributed by atoms with Gasteiger partial charge in [0.2, 0.25) is 0 Å². The SMILES string of the molecule is CC(Nc1ccc(OCC2CCCO2)cc1)c1cccc(CO)c1. The van der Waals surface area contributed by atoms with Gasteiger partial charge in [0, 0.05) is 18.3 Å². The van der Waals surface area contributed by atoms with Crippen molar-refractivity contribution in [3.63, 3.8) is 0 Å². The van der Waals surface area contributed by atoms with Gasteiger partial charge in [-0.2, -0.15) is 0 Å². The monoisotopic (exact) mass is 327 g/mol. The zero-order valence-electron chi connectivity index (χ0n) is 14.1. The molecular formula is C20H25NO3. The molecule has 0 amide bonds. The average Bonchev–Trinajstić information content (AvgIpc) is 3.15. The van der Waals surface area contributed by atoms with E-state index < -0.39 is 0 Å². The van der Waals surface area contributed by atoms with E-state index in [1.807, 2.05) is 42.5 Å². The summed E-state index contributed by atoms with van der Waals surface area (Å²) >= 11 is 0. The summed E-state index contributed by atoms with van der Waals surface area (Å²) in [6, 6.07) is 16.2. The molecular weight excluding hydrogens is 302 g/mol. The molecule has 4 nitrogen and oxygen atoms in total. The summed E-state index contributed by atoms with van der Waals surface area (Å²) in [6.45, 7) is 3.65. The highest BCUT2D eigenvalue weighted by molar-refractivity contribution is 5.48. The van der Waals surface area contributed by atoms with Crippen LogP contribution in [0.2, 0.25) is 0 Å². The molecule has 24 heavy (non-hydrogen) atoms. The fraction of sp³-hybridized carbons (Fsp3) is 0.400. The molecule has 0 bridgehead atoms. The van der Waals surface area contributed by atoms with Crippen molar-refractivity contribution in [1.82, 2.24) is 0 Å². The van der Waals surface area contributed by atoms with E-state index in [1.54, 1.807) is 0 Å². The Labute approximate surface area is 143 Å². The highest BCUT2D eigenvalue weighted by atomic mass is 16.5. The number of aliphatic hydroxyl groups excluding tert-OH is 1.